The standard InChI is InChI=1S/C27H22NO.C17H22NSi.Ir/c1-17(2)20-13-14-28-25(15-20)24-6-4-5-23-22-12-11-21(16-26(22)29-27(23)24)19-9-7-18(3)8-10-19;1-13(2)15-11-16(14-9-7-6-8-10-14)18-12-17(15)19(3,4)5;/h4-5,7-17H,1-3H3;6-9,11-13H,1-5H3;/q2*-1;/i3D2;13D;. The second kappa shape index (κ2) is 15.2. The summed E-state index contributed by atoms with van der Waals surface area (Å²) in [6, 6.07) is 38.4. The molecule has 7 rings (SSSR count). The summed E-state index contributed by atoms with van der Waals surface area (Å²) in [6.07, 6.45) is 3.83. The Morgan fingerprint density at radius 3 is 2.22 bits per heavy atom. The van der Waals surface area contributed by atoms with Gasteiger partial charge in [-0.25, -0.2) is 0 Å². The topological polar surface area (TPSA) is 38.9 Å². The summed E-state index contributed by atoms with van der Waals surface area (Å²) < 4.78 is 29.8. The van der Waals surface area contributed by atoms with Crippen LogP contribution < -0.4 is 5.19 Å². The Kier molecular flexibility index (Phi) is 9.93. The molecule has 251 valence electrons. The van der Waals surface area contributed by atoms with Gasteiger partial charge >= 0.3 is 0 Å². The third kappa shape index (κ3) is 8.02. The van der Waals surface area contributed by atoms with Crippen molar-refractivity contribution in [2.75, 3.05) is 0 Å². The largest absolute Gasteiger partial charge is 0.501 e. The van der Waals surface area contributed by atoms with E-state index < -0.39 is 20.8 Å². The molecule has 0 spiro atoms. The van der Waals surface area contributed by atoms with E-state index in [0.29, 0.717) is 11.5 Å². The number of rotatable bonds is 6. The summed E-state index contributed by atoms with van der Waals surface area (Å²) in [5.41, 5.74) is 10.3. The fourth-order valence-corrected chi connectivity index (χ4v) is 7.48. The van der Waals surface area contributed by atoms with Crippen LogP contribution >= 0.6 is 0 Å². The Morgan fingerprint density at radius 1 is 0.776 bits per heavy atom. The third-order valence-corrected chi connectivity index (χ3v) is 10.6. The van der Waals surface area contributed by atoms with E-state index in [4.69, 9.17) is 8.53 Å². The van der Waals surface area contributed by atoms with Gasteiger partial charge in [0.25, 0.3) is 0 Å². The smallest absolute Gasteiger partial charge is 0.121 e. The van der Waals surface area contributed by atoms with Crippen molar-refractivity contribution in [2.45, 2.75) is 66.0 Å². The maximum absolute atomic E-state index is 8.44. The molecule has 3 heterocycles. The van der Waals surface area contributed by atoms with E-state index in [9.17, 15) is 0 Å². The van der Waals surface area contributed by atoms with Crippen molar-refractivity contribution in [2.24, 2.45) is 0 Å². The molecule has 0 N–H and O–H groups in total. The Balaban J connectivity index is 0.000000217. The predicted octanol–water partition coefficient (Wildman–Crippen LogP) is 11.8. The molecule has 0 saturated heterocycles. The molecule has 3 nitrogen and oxygen atoms in total. The van der Waals surface area contributed by atoms with Crippen molar-refractivity contribution in [1.82, 2.24) is 9.97 Å². The molecule has 5 heteroatoms. The molecule has 0 fully saturated rings. The van der Waals surface area contributed by atoms with Gasteiger partial charge in [-0.15, -0.1) is 54.1 Å². The van der Waals surface area contributed by atoms with E-state index in [2.05, 4.69) is 79.9 Å². The predicted molar refractivity (Wildman–Crippen MR) is 206 cm³/mol. The molecule has 0 amide bonds. The van der Waals surface area contributed by atoms with E-state index in [1.807, 2.05) is 99.0 Å². The Hall–Kier alpha value is -4.15. The van der Waals surface area contributed by atoms with Gasteiger partial charge in [0, 0.05) is 42.0 Å². The minimum Gasteiger partial charge on any atom is -0.501 e. The van der Waals surface area contributed by atoms with E-state index in [1.54, 1.807) is 0 Å². The molecule has 0 unspecified atom stereocenters. The van der Waals surface area contributed by atoms with Crippen LogP contribution in [0, 0.1) is 19.0 Å². The third-order valence-electron chi connectivity index (χ3n) is 8.62. The quantitative estimate of drug-likeness (QED) is 0.124. The summed E-state index contributed by atoms with van der Waals surface area (Å²) in [4.78, 5) is 9.19. The first-order valence-electron chi connectivity index (χ1n) is 18.1. The van der Waals surface area contributed by atoms with E-state index in [0.717, 1.165) is 61.1 Å². The number of benzene rings is 4. The van der Waals surface area contributed by atoms with Gasteiger partial charge in [0.1, 0.15) is 5.58 Å². The van der Waals surface area contributed by atoms with Crippen LogP contribution in [0.3, 0.4) is 0 Å². The molecule has 0 atom stereocenters. The molecule has 0 bridgehead atoms. The Bertz CT molecular complexity index is 2290. The van der Waals surface area contributed by atoms with Crippen LogP contribution in [0.5, 0.6) is 0 Å². The zero-order valence-electron chi connectivity index (χ0n) is 32.2. The normalized spacial score (nSPS) is 12.6. The zero-order chi connectivity index (χ0) is 36.5. The second-order valence-electron chi connectivity index (χ2n) is 13.8. The van der Waals surface area contributed by atoms with Gasteiger partial charge < -0.3 is 14.4 Å². The molecule has 0 aliphatic heterocycles. The van der Waals surface area contributed by atoms with Gasteiger partial charge in [-0.3, -0.25) is 0 Å². The summed E-state index contributed by atoms with van der Waals surface area (Å²) in [6.45, 7) is 14.2. The monoisotopic (exact) mass is 840 g/mol. The van der Waals surface area contributed by atoms with E-state index >= 15 is 0 Å². The van der Waals surface area contributed by atoms with Crippen LogP contribution in [0.4, 0.5) is 0 Å². The molecule has 7 aromatic rings. The zero-order valence-corrected chi connectivity index (χ0v) is 32.6. The number of aryl methyl sites for hydroxylation is 1. The molecule has 0 saturated carbocycles. The average molecular weight is 840 g/mol. The van der Waals surface area contributed by atoms with Gasteiger partial charge in [-0.2, -0.15) is 0 Å². The first-order chi connectivity index (χ1) is 24.2. The van der Waals surface area contributed by atoms with Crippen molar-refractivity contribution < 1.29 is 28.6 Å². The maximum Gasteiger partial charge on any atom is 0.121 e. The molecule has 4 aromatic carbocycles. The SMILES string of the molecule is [2H]C(C)(C)c1cc(-c2[c-]cccc2)ncc1[Si](C)(C)C.[2H]C([2H])c1ccc(-c2ccc3c(c2)oc2c(-c4cc(C(C)C)ccn4)[c-]ccc23)cc1.[Ir]. The number of fused-ring (bicyclic) bond motifs is 3. The Morgan fingerprint density at radius 2 is 1.55 bits per heavy atom. The van der Waals surface area contributed by atoms with Crippen LogP contribution in [0.2, 0.25) is 19.6 Å². The maximum atomic E-state index is 8.44. The molecule has 0 aliphatic rings. The number of hydrogen-bond acceptors (Lipinski definition) is 3. The fraction of sp³-hybridized carbons (Fsp3) is 0.227. The van der Waals surface area contributed by atoms with Crippen molar-refractivity contribution >= 4 is 35.2 Å². The van der Waals surface area contributed by atoms with Crippen molar-refractivity contribution in [3.05, 3.63) is 138 Å². The summed E-state index contributed by atoms with van der Waals surface area (Å²) in [5, 5.41) is 3.38. The Labute approximate surface area is 310 Å². The summed E-state index contributed by atoms with van der Waals surface area (Å²) in [7, 11) is -1.50. The minimum atomic E-state index is -1.50. The summed E-state index contributed by atoms with van der Waals surface area (Å²) >= 11 is 0. The molecule has 1 radical (unpaired) electrons. The minimum absolute atomic E-state index is 0. The second-order valence-corrected chi connectivity index (χ2v) is 18.8. The van der Waals surface area contributed by atoms with Gasteiger partial charge in [-0.05, 0) is 58.5 Å². The van der Waals surface area contributed by atoms with Gasteiger partial charge in [0.05, 0.1) is 13.7 Å². The van der Waals surface area contributed by atoms with E-state index in [-0.39, 0.29) is 20.1 Å². The fourth-order valence-electron chi connectivity index (χ4n) is 5.90. The van der Waals surface area contributed by atoms with E-state index in [1.165, 1.54) is 10.8 Å². The number of aromatic nitrogens is 2. The van der Waals surface area contributed by atoms with Crippen LogP contribution in [0.25, 0.3) is 55.6 Å². The van der Waals surface area contributed by atoms with Gasteiger partial charge in [-0.1, -0.05) is 124 Å². The first-order valence-corrected chi connectivity index (χ1v) is 20.0. The van der Waals surface area contributed by atoms with Crippen LogP contribution in [-0.2, 0) is 20.1 Å². The molecule has 0 aliphatic carbocycles. The van der Waals surface area contributed by atoms with Gasteiger partial charge in [0.15, 0.2) is 0 Å². The van der Waals surface area contributed by atoms with Crippen LogP contribution in [-0.4, -0.2) is 18.0 Å². The molecular formula is C44H44IrN2OSi-2. The molecule has 49 heavy (non-hydrogen) atoms. The van der Waals surface area contributed by atoms with Crippen molar-refractivity contribution in [3.8, 4) is 33.6 Å². The number of furan rings is 1. The molecule has 3 aromatic heterocycles. The number of nitrogens with zero attached hydrogens (tertiary/aromatic N) is 2. The van der Waals surface area contributed by atoms with Crippen molar-refractivity contribution in [1.29, 1.82) is 0 Å². The first kappa shape index (κ1) is 32.1. The number of hydrogen-bond donors (Lipinski definition) is 0. The average Bonchev–Trinajstić information content (AvgIpc) is 3.49. The van der Waals surface area contributed by atoms with Crippen LogP contribution in [0.15, 0.2) is 114 Å². The molecular weight excluding hydrogens is 793 g/mol. The van der Waals surface area contributed by atoms with Crippen LogP contribution in [0.1, 0.15) is 60.3 Å². The van der Waals surface area contributed by atoms with Crippen molar-refractivity contribution in [3.63, 3.8) is 0 Å². The van der Waals surface area contributed by atoms with Gasteiger partial charge in [0.2, 0.25) is 0 Å². The number of pyridine rings is 2. The summed E-state index contributed by atoms with van der Waals surface area (Å²) in [5.74, 6) is -0.187.